The Bertz CT molecular complexity index is 1120. The van der Waals surface area contributed by atoms with E-state index in [1.165, 1.54) is 4.31 Å². The van der Waals surface area contributed by atoms with Crippen LogP contribution in [0.2, 0.25) is 5.02 Å². The summed E-state index contributed by atoms with van der Waals surface area (Å²) in [5.41, 5.74) is 1.93. The van der Waals surface area contributed by atoms with Gasteiger partial charge in [0.2, 0.25) is 10.0 Å². The molecule has 0 bridgehead atoms. The number of halogens is 1. The number of hydrogen-bond donors (Lipinski definition) is 0. The number of nitrogens with zero attached hydrogens (tertiary/aromatic N) is 2. The van der Waals surface area contributed by atoms with Crippen molar-refractivity contribution in [1.29, 1.82) is 0 Å². The van der Waals surface area contributed by atoms with E-state index in [1.54, 1.807) is 35.2 Å². The van der Waals surface area contributed by atoms with Crippen molar-refractivity contribution in [2.75, 3.05) is 37.7 Å². The zero-order valence-corrected chi connectivity index (χ0v) is 21.1. The predicted octanol–water partition coefficient (Wildman–Crippen LogP) is 4.76. The number of ether oxygens (including phenoxy) is 2. The molecule has 33 heavy (non-hydrogen) atoms. The highest BCUT2D eigenvalue weighted by Crippen LogP contribution is 2.38. The molecule has 0 aliphatic carbocycles. The van der Waals surface area contributed by atoms with Gasteiger partial charge in [0, 0.05) is 30.9 Å². The second-order valence-corrected chi connectivity index (χ2v) is 10.00. The lowest BCUT2D eigenvalue weighted by molar-refractivity contribution is 0.0989. The summed E-state index contributed by atoms with van der Waals surface area (Å²) in [7, 11) is -3.56. The third kappa shape index (κ3) is 5.13. The van der Waals surface area contributed by atoms with Gasteiger partial charge in [-0.05, 0) is 55.7 Å². The van der Waals surface area contributed by atoms with E-state index in [4.69, 9.17) is 21.1 Å². The molecule has 0 saturated heterocycles. The van der Waals surface area contributed by atoms with Crippen molar-refractivity contribution in [2.24, 2.45) is 0 Å². The maximum absolute atomic E-state index is 13.4. The van der Waals surface area contributed by atoms with E-state index < -0.39 is 10.0 Å². The summed E-state index contributed by atoms with van der Waals surface area (Å²) in [5, 5.41) is 0.317. The molecule has 0 radical (unpaired) electrons. The zero-order valence-electron chi connectivity index (χ0n) is 19.6. The van der Waals surface area contributed by atoms with E-state index in [0.29, 0.717) is 67.0 Å². The number of benzene rings is 2. The zero-order chi connectivity index (χ0) is 24.2. The standard InChI is InChI=1S/C24H31ClN2O5S/c1-5-13-32-23-20(25)15-18(16-22(23)31-8-4)24(28)27-12-11-17-14-19(9-10-21(17)27)33(29,30)26(6-2)7-3/h9-10,14-16H,5-8,11-13H2,1-4H3. The van der Waals surface area contributed by atoms with Gasteiger partial charge in [0.05, 0.1) is 23.1 Å². The van der Waals surface area contributed by atoms with Gasteiger partial charge in [-0.1, -0.05) is 32.4 Å². The monoisotopic (exact) mass is 494 g/mol. The number of carbonyl (C=O) groups is 1. The van der Waals surface area contributed by atoms with Gasteiger partial charge in [-0.15, -0.1) is 0 Å². The van der Waals surface area contributed by atoms with Gasteiger partial charge < -0.3 is 14.4 Å². The summed E-state index contributed by atoms with van der Waals surface area (Å²) in [4.78, 5) is 15.3. The Hall–Kier alpha value is -2.29. The molecule has 2 aromatic rings. The van der Waals surface area contributed by atoms with E-state index >= 15 is 0 Å². The molecule has 3 rings (SSSR count). The van der Waals surface area contributed by atoms with Crippen molar-refractivity contribution in [3.8, 4) is 11.5 Å². The topological polar surface area (TPSA) is 76.2 Å². The lowest BCUT2D eigenvalue weighted by Gasteiger charge is -2.21. The van der Waals surface area contributed by atoms with Crippen LogP contribution in [0.4, 0.5) is 5.69 Å². The fourth-order valence-corrected chi connectivity index (χ4v) is 5.69. The van der Waals surface area contributed by atoms with Crippen molar-refractivity contribution < 1.29 is 22.7 Å². The van der Waals surface area contributed by atoms with E-state index in [-0.39, 0.29) is 10.8 Å². The summed E-state index contributed by atoms with van der Waals surface area (Å²) in [6.07, 6.45) is 1.39. The number of carbonyl (C=O) groups excluding carboxylic acids is 1. The molecule has 1 amide bonds. The number of rotatable bonds is 10. The van der Waals surface area contributed by atoms with Crippen LogP contribution < -0.4 is 14.4 Å². The maximum Gasteiger partial charge on any atom is 0.258 e. The molecule has 1 aliphatic heterocycles. The first-order valence-corrected chi connectivity index (χ1v) is 13.1. The SMILES string of the molecule is CCCOc1c(Cl)cc(C(=O)N2CCc3cc(S(=O)(=O)N(CC)CC)ccc32)cc1OCC. The molecular weight excluding hydrogens is 464 g/mol. The molecule has 180 valence electrons. The Balaban J connectivity index is 1.92. The van der Waals surface area contributed by atoms with Crippen LogP contribution in [0.25, 0.3) is 0 Å². The first-order chi connectivity index (χ1) is 15.8. The van der Waals surface area contributed by atoms with Gasteiger partial charge in [0.25, 0.3) is 5.91 Å². The Morgan fingerprint density at radius 1 is 1.09 bits per heavy atom. The minimum absolute atomic E-state index is 0.224. The number of amides is 1. The highest BCUT2D eigenvalue weighted by molar-refractivity contribution is 7.89. The van der Waals surface area contributed by atoms with Gasteiger partial charge in [-0.25, -0.2) is 8.42 Å². The molecule has 1 aliphatic rings. The van der Waals surface area contributed by atoms with E-state index in [1.807, 2.05) is 27.7 Å². The number of fused-ring (bicyclic) bond motifs is 1. The smallest absolute Gasteiger partial charge is 0.258 e. The molecule has 0 unspecified atom stereocenters. The Morgan fingerprint density at radius 2 is 1.82 bits per heavy atom. The largest absolute Gasteiger partial charge is 0.490 e. The second-order valence-electron chi connectivity index (χ2n) is 7.65. The Kier molecular flexibility index (Phi) is 8.26. The van der Waals surface area contributed by atoms with Gasteiger partial charge in [-0.2, -0.15) is 4.31 Å². The van der Waals surface area contributed by atoms with Crippen molar-refractivity contribution in [2.45, 2.75) is 45.4 Å². The minimum Gasteiger partial charge on any atom is -0.490 e. The second kappa shape index (κ2) is 10.8. The van der Waals surface area contributed by atoms with Crippen molar-refractivity contribution >= 4 is 33.2 Å². The van der Waals surface area contributed by atoms with E-state index in [0.717, 1.165) is 12.0 Å². The summed E-state index contributed by atoms with van der Waals surface area (Å²) in [6, 6.07) is 8.20. The Morgan fingerprint density at radius 3 is 2.45 bits per heavy atom. The molecule has 0 N–H and O–H groups in total. The number of sulfonamides is 1. The van der Waals surface area contributed by atoms with E-state index in [9.17, 15) is 13.2 Å². The predicted molar refractivity (Wildman–Crippen MR) is 130 cm³/mol. The molecule has 0 saturated carbocycles. The van der Waals surface area contributed by atoms with Crippen LogP contribution in [-0.4, -0.2) is 51.5 Å². The highest BCUT2D eigenvalue weighted by Gasteiger charge is 2.30. The molecule has 0 fully saturated rings. The third-order valence-corrected chi connectivity index (χ3v) is 7.87. The summed E-state index contributed by atoms with van der Waals surface area (Å²) < 4.78 is 38.6. The number of hydrogen-bond acceptors (Lipinski definition) is 5. The fourth-order valence-electron chi connectivity index (χ4n) is 3.92. The molecule has 9 heteroatoms. The first kappa shape index (κ1) is 25.3. The molecule has 2 aromatic carbocycles. The first-order valence-electron chi connectivity index (χ1n) is 11.3. The maximum atomic E-state index is 13.4. The van der Waals surface area contributed by atoms with Gasteiger partial charge in [0.1, 0.15) is 0 Å². The molecule has 0 atom stereocenters. The van der Waals surface area contributed by atoms with Crippen LogP contribution in [0.3, 0.4) is 0 Å². The Labute approximate surface area is 201 Å². The molecular formula is C24H31ClN2O5S. The number of anilines is 1. The normalized spacial score (nSPS) is 13.3. The summed E-state index contributed by atoms with van der Waals surface area (Å²) in [5.74, 6) is 0.643. The average Bonchev–Trinajstić information content (AvgIpc) is 3.22. The van der Waals surface area contributed by atoms with Crippen LogP contribution in [0.15, 0.2) is 35.2 Å². The van der Waals surface area contributed by atoms with E-state index in [2.05, 4.69) is 0 Å². The van der Waals surface area contributed by atoms with Crippen LogP contribution in [-0.2, 0) is 16.4 Å². The minimum atomic E-state index is -3.56. The van der Waals surface area contributed by atoms with Crippen molar-refractivity contribution in [3.05, 3.63) is 46.5 Å². The van der Waals surface area contributed by atoms with Gasteiger partial charge in [0.15, 0.2) is 11.5 Å². The molecule has 7 nitrogen and oxygen atoms in total. The van der Waals surface area contributed by atoms with Crippen LogP contribution in [0, 0.1) is 0 Å². The van der Waals surface area contributed by atoms with Crippen molar-refractivity contribution in [1.82, 2.24) is 4.31 Å². The highest BCUT2D eigenvalue weighted by atomic mass is 35.5. The van der Waals surface area contributed by atoms with Crippen LogP contribution in [0.5, 0.6) is 11.5 Å². The average molecular weight is 495 g/mol. The molecule has 0 spiro atoms. The van der Waals surface area contributed by atoms with Crippen LogP contribution >= 0.6 is 11.6 Å². The molecule has 1 heterocycles. The third-order valence-electron chi connectivity index (χ3n) is 5.54. The van der Waals surface area contributed by atoms with Gasteiger partial charge >= 0.3 is 0 Å². The lowest BCUT2D eigenvalue weighted by atomic mass is 10.1. The quantitative estimate of drug-likeness (QED) is 0.476. The lowest BCUT2D eigenvalue weighted by Crippen LogP contribution is -2.30. The summed E-state index contributed by atoms with van der Waals surface area (Å²) in [6.45, 7) is 9.64. The van der Waals surface area contributed by atoms with Crippen molar-refractivity contribution in [3.63, 3.8) is 0 Å². The summed E-state index contributed by atoms with van der Waals surface area (Å²) >= 11 is 6.44. The fraction of sp³-hybridized carbons (Fsp3) is 0.458. The molecule has 0 aromatic heterocycles. The van der Waals surface area contributed by atoms with Crippen LogP contribution in [0.1, 0.15) is 50.0 Å². The van der Waals surface area contributed by atoms with Gasteiger partial charge in [-0.3, -0.25) is 4.79 Å².